The van der Waals surface area contributed by atoms with Crippen molar-refractivity contribution < 1.29 is 9.84 Å². The molecule has 0 radical (unpaired) electrons. The van der Waals surface area contributed by atoms with Gasteiger partial charge in [0.15, 0.2) is 0 Å². The van der Waals surface area contributed by atoms with Gasteiger partial charge in [0, 0.05) is 26.3 Å². The Labute approximate surface area is 90.1 Å². The van der Waals surface area contributed by atoms with Crippen LogP contribution in [-0.2, 0) is 18.2 Å². The highest BCUT2D eigenvalue weighted by molar-refractivity contribution is 4.97. The minimum atomic E-state index is -0.575. The van der Waals surface area contributed by atoms with Gasteiger partial charge in [-0.25, -0.2) is 0 Å². The van der Waals surface area contributed by atoms with Crippen molar-refractivity contribution in [2.45, 2.75) is 38.9 Å². The smallest absolute Gasteiger partial charge is 0.0888 e. The lowest BCUT2D eigenvalue weighted by Crippen LogP contribution is -2.40. The first-order valence-corrected chi connectivity index (χ1v) is 5.13. The van der Waals surface area contributed by atoms with Gasteiger partial charge in [0.05, 0.1) is 17.4 Å². The summed E-state index contributed by atoms with van der Waals surface area (Å²) < 4.78 is 7.09. The fourth-order valence-electron chi connectivity index (χ4n) is 1.40. The summed E-state index contributed by atoms with van der Waals surface area (Å²) >= 11 is 0. The number of rotatable bonds is 5. The van der Waals surface area contributed by atoms with Gasteiger partial charge in [0.2, 0.25) is 0 Å². The number of hydrogen-bond acceptors (Lipinski definition) is 4. The van der Waals surface area contributed by atoms with Crippen LogP contribution in [0.15, 0.2) is 6.20 Å². The summed E-state index contributed by atoms with van der Waals surface area (Å²) in [4.78, 5) is 0. The Morgan fingerprint density at radius 3 is 2.73 bits per heavy atom. The van der Waals surface area contributed by atoms with Crippen molar-refractivity contribution in [3.8, 4) is 0 Å². The maximum absolute atomic E-state index is 9.97. The molecule has 0 aromatic carbocycles. The minimum absolute atomic E-state index is 0.459. The van der Waals surface area contributed by atoms with Crippen LogP contribution in [0.4, 0.5) is 0 Å². The van der Waals surface area contributed by atoms with E-state index in [9.17, 15) is 5.11 Å². The van der Waals surface area contributed by atoms with E-state index in [2.05, 4.69) is 10.3 Å². The van der Waals surface area contributed by atoms with Crippen LogP contribution < -0.4 is 0 Å². The third kappa shape index (κ3) is 3.28. The lowest BCUT2D eigenvalue weighted by molar-refractivity contribution is -0.0958. The van der Waals surface area contributed by atoms with Crippen molar-refractivity contribution in [3.05, 3.63) is 11.9 Å². The molecule has 0 fully saturated rings. The van der Waals surface area contributed by atoms with Crippen LogP contribution in [0.1, 0.15) is 26.5 Å². The van der Waals surface area contributed by atoms with E-state index in [0.29, 0.717) is 13.0 Å². The van der Waals surface area contributed by atoms with E-state index in [-0.39, 0.29) is 0 Å². The quantitative estimate of drug-likeness (QED) is 0.775. The Balaban J connectivity index is 2.58. The Bertz CT molecular complexity index is 309. The van der Waals surface area contributed by atoms with Crippen LogP contribution in [0.2, 0.25) is 0 Å². The predicted octanol–water partition coefficient (Wildman–Crippen LogP) is 0.534. The largest absolute Gasteiger partial charge is 0.390 e. The molecule has 1 aromatic heterocycles. The third-order valence-corrected chi connectivity index (χ3v) is 2.37. The Morgan fingerprint density at radius 1 is 1.60 bits per heavy atom. The normalized spacial score (nSPS) is 14.2. The molecule has 0 saturated carbocycles. The van der Waals surface area contributed by atoms with Gasteiger partial charge in [-0.1, -0.05) is 5.21 Å². The first kappa shape index (κ1) is 12.1. The molecule has 0 aliphatic rings. The summed E-state index contributed by atoms with van der Waals surface area (Å²) in [7, 11) is 1.80. The molecule has 1 N–H and O–H groups in total. The molecule has 86 valence electrons. The van der Waals surface area contributed by atoms with Gasteiger partial charge in [-0.15, -0.1) is 5.10 Å². The molecule has 0 saturated heterocycles. The number of hydrogen-bond donors (Lipinski definition) is 1. The molecular weight excluding hydrogens is 194 g/mol. The Kier molecular flexibility index (Phi) is 3.82. The summed E-state index contributed by atoms with van der Waals surface area (Å²) in [6, 6.07) is 0. The van der Waals surface area contributed by atoms with Gasteiger partial charge in [0.1, 0.15) is 0 Å². The first-order chi connectivity index (χ1) is 6.95. The predicted molar refractivity (Wildman–Crippen MR) is 56.4 cm³/mol. The summed E-state index contributed by atoms with van der Waals surface area (Å²) in [5.74, 6) is 0. The number of aliphatic hydroxyl groups excluding tert-OH is 1. The maximum Gasteiger partial charge on any atom is 0.0888 e. The van der Waals surface area contributed by atoms with E-state index in [0.717, 1.165) is 5.69 Å². The van der Waals surface area contributed by atoms with Crippen LogP contribution in [0.3, 0.4) is 0 Å². The summed E-state index contributed by atoms with van der Waals surface area (Å²) in [5, 5.41) is 17.7. The van der Waals surface area contributed by atoms with E-state index >= 15 is 0 Å². The molecule has 5 heteroatoms. The van der Waals surface area contributed by atoms with Crippen molar-refractivity contribution in [2.75, 3.05) is 6.61 Å². The zero-order valence-electron chi connectivity index (χ0n) is 9.77. The zero-order valence-corrected chi connectivity index (χ0v) is 9.77. The van der Waals surface area contributed by atoms with Crippen LogP contribution in [0.25, 0.3) is 0 Å². The van der Waals surface area contributed by atoms with Crippen molar-refractivity contribution >= 4 is 0 Å². The second kappa shape index (κ2) is 4.72. The average molecular weight is 213 g/mol. The lowest BCUT2D eigenvalue weighted by atomic mass is 9.97. The van der Waals surface area contributed by atoms with Crippen molar-refractivity contribution in [1.29, 1.82) is 0 Å². The second-order valence-electron chi connectivity index (χ2n) is 4.14. The van der Waals surface area contributed by atoms with Gasteiger partial charge in [-0.3, -0.25) is 4.68 Å². The van der Waals surface area contributed by atoms with Crippen LogP contribution >= 0.6 is 0 Å². The SMILES string of the molecule is CCOC(C)(C)C(O)Cc1cn(C)nn1. The number of ether oxygens (including phenoxy) is 1. The maximum atomic E-state index is 9.97. The van der Waals surface area contributed by atoms with Crippen LogP contribution in [0, 0.1) is 0 Å². The van der Waals surface area contributed by atoms with Gasteiger partial charge in [0.25, 0.3) is 0 Å². The monoisotopic (exact) mass is 213 g/mol. The average Bonchev–Trinajstić information content (AvgIpc) is 2.51. The molecule has 15 heavy (non-hydrogen) atoms. The molecule has 1 heterocycles. The molecule has 0 amide bonds. The summed E-state index contributed by atoms with van der Waals surface area (Å²) in [5.41, 5.74) is 0.226. The van der Waals surface area contributed by atoms with E-state index in [1.165, 1.54) is 0 Å². The van der Waals surface area contributed by atoms with Crippen molar-refractivity contribution in [3.63, 3.8) is 0 Å². The lowest BCUT2D eigenvalue weighted by Gasteiger charge is -2.29. The van der Waals surface area contributed by atoms with Crippen LogP contribution in [0.5, 0.6) is 0 Å². The second-order valence-corrected chi connectivity index (χ2v) is 4.14. The van der Waals surface area contributed by atoms with E-state index in [1.54, 1.807) is 17.9 Å². The number of aliphatic hydroxyl groups is 1. The molecule has 1 aromatic rings. The first-order valence-electron chi connectivity index (χ1n) is 5.13. The molecule has 0 bridgehead atoms. The molecular formula is C10H19N3O2. The summed E-state index contributed by atoms with van der Waals surface area (Å²) in [6.45, 7) is 6.25. The van der Waals surface area contributed by atoms with Gasteiger partial charge < -0.3 is 9.84 Å². The van der Waals surface area contributed by atoms with Crippen molar-refractivity contribution in [1.82, 2.24) is 15.0 Å². The fraction of sp³-hybridized carbons (Fsp3) is 0.800. The molecule has 0 aliphatic heterocycles. The molecule has 1 unspecified atom stereocenters. The standard InChI is InChI=1S/C10H19N3O2/c1-5-15-10(2,3)9(14)6-8-7-13(4)12-11-8/h7,9,14H,5-6H2,1-4H3. The Morgan fingerprint density at radius 2 is 2.27 bits per heavy atom. The number of aryl methyl sites for hydroxylation is 1. The molecule has 0 spiro atoms. The van der Waals surface area contributed by atoms with Gasteiger partial charge in [-0.05, 0) is 20.8 Å². The molecule has 0 aliphatic carbocycles. The highest BCUT2D eigenvalue weighted by atomic mass is 16.5. The van der Waals surface area contributed by atoms with E-state index in [4.69, 9.17) is 4.74 Å². The van der Waals surface area contributed by atoms with Gasteiger partial charge in [-0.2, -0.15) is 0 Å². The number of aromatic nitrogens is 3. The topological polar surface area (TPSA) is 60.2 Å². The number of nitrogens with zero attached hydrogens (tertiary/aromatic N) is 3. The highest BCUT2D eigenvalue weighted by Crippen LogP contribution is 2.17. The molecule has 5 nitrogen and oxygen atoms in total. The van der Waals surface area contributed by atoms with Crippen LogP contribution in [-0.4, -0.2) is 38.4 Å². The fourth-order valence-corrected chi connectivity index (χ4v) is 1.40. The van der Waals surface area contributed by atoms with E-state index in [1.807, 2.05) is 20.8 Å². The highest BCUT2D eigenvalue weighted by Gasteiger charge is 2.28. The Hall–Kier alpha value is -0.940. The van der Waals surface area contributed by atoms with E-state index < -0.39 is 11.7 Å². The minimum Gasteiger partial charge on any atom is -0.390 e. The molecule has 1 atom stereocenters. The third-order valence-electron chi connectivity index (χ3n) is 2.37. The molecule has 1 rings (SSSR count). The van der Waals surface area contributed by atoms with Gasteiger partial charge >= 0.3 is 0 Å². The summed E-state index contributed by atoms with van der Waals surface area (Å²) in [6.07, 6.45) is 1.68. The zero-order chi connectivity index (χ0) is 11.5. The van der Waals surface area contributed by atoms with Crippen molar-refractivity contribution in [2.24, 2.45) is 7.05 Å².